The minimum absolute atomic E-state index is 0.0384. The number of nitrogens with zero attached hydrogens (tertiary/aromatic N) is 1. The Hall–Kier alpha value is -2.55. The summed E-state index contributed by atoms with van der Waals surface area (Å²) in [7, 11) is 0. The molecule has 29 heavy (non-hydrogen) atoms. The van der Waals surface area contributed by atoms with Gasteiger partial charge in [-0.3, -0.25) is 19.2 Å². The van der Waals surface area contributed by atoms with Crippen molar-refractivity contribution in [3.05, 3.63) is 28.2 Å². The van der Waals surface area contributed by atoms with Crippen molar-refractivity contribution < 1.29 is 19.2 Å². The fourth-order valence-electron chi connectivity index (χ4n) is 4.97. The summed E-state index contributed by atoms with van der Waals surface area (Å²) in [5, 5.41) is 8.03. The topological polar surface area (TPSA) is 131 Å². The third-order valence-corrected chi connectivity index (χ3v) is 7.29. The minimum Gasteiger partial charge on any atom is -0.370 e. The molecular formula is C20H24N4O4S. The zero-order valence-electron chi connectivity index (χ0n) is 16.1. The first-order valence-electron chi connectivity index (χ1n) is 9.81. The summed E-state index contributed by atoms with van der Waals surface area (Å²) in [5.41, 5.74) is 5.58. The molecule has 4 rings (SSSR count). The van der Waals surface area contributed by atoms with Crippen molar-refractivity contribution in [1.82, 2.24) is 15.6 Å². The van der Waals surface area contributed by atoms with Crippen LogP contribution in [0, 0.1) is 29.1 Å². The van der Waals surface area contributed by atoms with E-state index in [2.05, 4.69) is 27.8 Å². The summed E-state index contributed by atoms with van der Waals surface area (Å²) in [6.07, 6.45) is 6.30. The Morgan fingerprint density at radius 3 is 2.28 bits per heavy atom. The van der Waals surface area contributed by atoms with Gasteiger partial charge < -0.3 is 16.4 Å². The predicted octanol–water partition coefficient (Wildman–Crippen LogP) is 0.782. The van der Waals surface area contributed by atoms with E-state index in [1.54, 1.807) is 5.38 Å². The average Bonchev–Trinajstić information content (AvgIpc) is 3.07. The maximum Gasteiger partial charge on any atom is 0.224 e. The number of hydrogen-bond acceptors (Lipinski definition) is 6. The van der Waals surface area contributed by atoms with Crippen LogP contribution in [0.5, 0.6) is 0 Å². The van der Waals surface area contributed by atoms with Crippen molar-refractivity contribution in [2.45, 2.75) is 32.7 Å². The van der Waals surface area contributed by atoms with E-state index in [1.807, 2.05) is 0 Å². The lowest BCUT2D eigenvalue weighted by Gasteiger charge is -2.26. The zero-order valence-corrected chi connectivity index (χ0v) is 17.0. The first kappa shape index (κ1) is 19.8. The Morgan fingerprint density at radius 1 is 1.14 bits per heavy atom. The number of allylic oxidation sites excluding steroid dienone is 2. The van der Waals surface area contributed by atoms with Crippen molar-refractivity contribution in [1.29, 1.82) is 0 Å². The molecule has 9 heteroatoms. The summed E-state index contributed by atoms with van der Waals surface area (Å²) in [6.45, 7) is 1.87. The van der Waals surface area contributed by atoms with Gasteiger partial charge in [-0.15, -0.1) is 11.3 Å². The summed E-state index contributed by atoms with van der Waals surface area (Å²) < 4.78 is 0. The van der Waals surface area contributed by atoms with Crippen molar-refractivity contribution in [2.75, 3.05) is 6.54 Å². The molecule has 154 valence electrons. The Balaban J connectivity index is 1.45. The van der Waals surface area contributed by atoms with Gasteiger partial charge in [0, 0.05) is 25.3 Å². The van der Waals surface area contributed by atoms with Crippen LogP contribution in [0.25, 0.3) is 0 Å². The van der Waals surface area contributed by atoms with Gasteiger partial charge in [0.05, 0.1) is 18.4 Å². The molecule has 0 unspecified atom stereocenters. The normalized spacial score (nSPS) is 27.8. The number of hydrogen-bond donors (Lipinski definition) is 3. The lowest BCUT2D eigenvalue weighted by Crippen LogP contribution is -2.44. The van der Waals surface area contributed by atoms with E-state index in [1.165, 1.54) is 18.3 Å². The van der Waals surface area contributed by atoms with Crippen LogP contribution in [-0.2, 0) is 20.9 Å². The van der Waals surface area contributed by atoms with Crippen LogP contribution in [0.1, 0.15) is 41.7 Å². The second-order valence-electron chi connectivity index (χ2n) is 8.13. The standard InChI is InChI=1S/C20H24N4O4S/c1-10(25)13-9-29-15(24-13)8-23-19(28)17-12-3-2-11(20(12)5-6-20)16(17)18(27)22-7-4-14(21)26/h2-3,9,11-12,16-17H,4-8H2,1H3,(H2,21,26)(H,22,27)(H,23,28)/t11-,12+,16-,17-/m1/s1. The van der Waals surface area contributed by atoms with Crippen LogP contribution in [0.2, 0.25) is 0 Å². The number of carbonyl (C=O) groups is 4. The number of ketones is 1. The number of amides is 3. The van der Waals surface area contributed by atoms with E-state index in [9.17, 15) is 19.2 Å². The van der Waals surface area contributed by atoms with Gasteiger partial charge in [-0.1, -0.05) is 12.2 Å². The Morgan fingerprint density at radius 2 is 1.76 bits per heavy atom. The fraction of sp³-hybridized carbons (Fsp3) is 0.550. The first-order valence-corrected chi connectivity index (χ1v) is 10.7. The van der Waals surface area contributed by atoms with Crippen LogP contribution in [-0.4, -0.2) is 35.0 Å². The molecular weight excluding hydrogens is 392 g/mol. The number of primary amides is 1. The van der Waals surface area contributed by atoms with Crippen LogP contribution >= 0.6 is 11.3 Å². The van der Waals surface area contributed by atoms with Gasteiger partial charge in [-0.2, -0.15) is 0 Å². The van der Waals surface area contributed by atoms with Crippen molar-refractivity contribution in [3.63, 3.8) is 0 Å². The Kier molecular flexibility index (Phi) is 5.02. The lowest BCUT2D eigenvalue weighted by atomic mass is 9.81. The summed E-state index contributed by atoms with van der Waals surface area (Å²) in [6, 6.07) is 0. The van der Waals surface area contributed by atoms with Gasteiger partial charge in [-0.05, 0) is 30.1 Å². The van der Waals surface area contributed by atoms with Gasteiger partial charge in [0.2, 0.25) is 17.7 Å². The highest BCUT2D eigenvalue weighted by Gasteiger charge is 2.69. The van der Waals surface area contributed by atoms with Crippen molar-refractivity contribution in [3.8, 4) is 0 Å². The number of nitrogens with two attached hydrogens (primary N) is 1. The molecule has 3 aliphatic rings. The molecule has 0 aliphatic heterocycles. The Labute approximate surface area is 172 Å². The number of nitrogens with one attached hydrogen (secondary N) is 2. The molecule has 2 fully saturated rings. The molecule has 2 saturated carbocycles. The molecule has 1 aromatic heterocycles. The van der Waals surface area contributed by atoms with Crippen LogP contribution in [0.15, 0.2) is 17.5 Å². The molecule has 0 aromatic carbocycles. The molecule has 3 aliphatic carbocycles. The van der Waals surface area contributed by atoms with Gasteiger partial charge >= 0.3 is 0 Å². The van der Waals surface area contributed by atoms with Gasteiger partial charge in [0.1, 0.15) is 10.7 Å². The second-order valence-corrected chi connectivity index (χ2v) is 9.07. The molecule has 4 N–H and O–H groups in total. The molecule has 1 spiro atoms. The zero-order chi connectivity index (χ0) is 20.8. The van der Waals surface area contributed by atoms with E-state index < -0.39 is 17.7 Å². The number of carbonyl (C=O) groups excluding carboxylic acids is 4. The number of thiazole rings is 1. The maximum absolute atomic E-state index is 13.1. The largest absolute Gasteiger partial charge is 0.370 e. The van der Waals surface area contributed by atoms with Gasteiger partial charge in [-0.25, -0.2) is 4.98 Å². The summed E-state index contributed by atoms with van der Waals surface area (Å²) >= 11 is 1.33. The average molecular weight is 417 g/mol. The quantitative estimate of drug-likeness (QED) is 0.426. The fourth-order valence-corrected chi connectivity index (χ4v) is 5.74. The molecule has 3 amide bonds. The number of rotatable bonds is 8. The highest BCUT2D eigenvalue weighted by molar-refractivity contribution is 7.09. The van der Waals surface area contributed by atoms with E-state index in [0.717, 1.165) is 12.8 Å². The molecule has 8 nitrogen and oxygen atoms in total. The van der Waals surface area contributed by atoms with Crippen LogP contribution in [0.3, 0.4) is 0 Å². The Bertz CT molecular complexity index is 904. The lowest BCUT2D eigenvalue weighted by molar-refractivity contribution is -0.135. The van der Waals surface area contributed by atoms with Crippen LogP contribution in [0.4, 0.5) is 0 Å². The molecule has 4 atom stereocenters. The van der Waals surface area contributed by atoms with Crippen LogP contribution < -0.4 is 16.4 Å². The van der Waals surface area contributed by atoms with E-state index in [0.29, 0.717) is 10.7 Å². The minimum atomic E-state index is -0.473. The van der Waals surface area contributed by atoms with Gasteiger partial charge in [0.25, 0.3) is 0 Å². The van der Waals surface area contributed by atoms with Crippen molar-refractivity contribution >= 4 is 34.8 Å². The number of Topliss-reactive ketones (excluding diaryl/α,β-unsaturated/α-hetero) is 1. The monoisotopic (exact) mass is 416 g/mol. The smallest absolute Gasteiger partial charge is 0.224 e. The second kappa shape index (κ2) is 7.37. The van der Waals surface area contributed by atoms with E-state index >= 15 is 0 Å². The molecule has 0 radical (unpaired) electrons. The van der Waals surface area contributed by atoms with Crippen molar-refractivity contribution in [2.24, 2.45) is 34.8 Å². The SMILES string of the molecule is CC(=O)c1csc(CNC(=O)[C@H]2[C@H](C(=O)NCCC(N)=O)[C@H]3C=C[C@@H]2C32CC2)n1. The third-order valence-electron chi connectivity index (χ3n) is 6.44. The molecule has 1 aromatic rings. The molecule has 2 bridgehead atoms. The highest BCUT2D eigenvalue weighted by Crippen LogP contribution is 2.72. The van der Waals surface area contributed by atoms with E-state index in [-0.39, 0.29) is 54.4 Å². The molecule has 1 heterocycles. The molecule has 0 saturated heterocycles. The van der Waals surface area contributed by atoms with E-state index in [4.69, 9.17) is 5.73 Å². The van der Waals surface area contributed by atoms with Gasteiger partial charge in [0.15, 0.2) is 5.78 Å². The maximum atomic E-state index is 13.1. The summed E-state index contributed by atoms with van der Waals surface area (Å²) in [5.74, 6) is -1.70. The summed E-state index contributed by atoms with van der Waals surface area (Å²) in [4.78, 5) is 52.5. The first-order chi connectivity index (χ1) is 13.8. The highest BCUT2D eigenvalue weighted by atomic mass is 32.1. The number of aromatic nitrogens is 1. The third kappa shape index (κ3) is 3.48. The predicted molar refractivity (Wildman–Crippen MR) is 106 cm³/mol.